The first kappa shape index (κ1) is 24.9. The molecule has 0 N–H and O–H groups in total. The monoisotopic (exact) mass is 467 g/mol. The van der Waals surface area contributed by atoms with Crippen molar-refractivity contribution in [1.29, 1.82) is 0 Å². The molecule has 0 saturated carbocycles. The summed E-state index contributed by atoms with van der Waals surface area (Å²) in [7, 11) is 2.92. The molecule has 34 heavy (non-hydrogen) atoms. The van der Waals surface area contributed by atoms with Gasteiger partial charge in [-0.05, 0) is 63.7 Å². The van der Waals surface area contributed by atoms with Gasteiger partial charge in [-0.15, -0.1) is 0 Å². The zero-order valence-corrected chi connectivity index (χ0v) is 21.9. The van der Waals surface area contributed by atoms with Crippen LogP contribution in [0.3, 0.4) is 0 Å². The molecule has 0 aliphatic carbocycles. The van der Waals surface area contributed by atoms with Gasteiger partial charge in [0.25, 0.3) is 0 Å². The Bertz CT molecular complexity index is 1010. The number of methoxy groups -OCH3 is 2. The summed E-state index contributed by atoms with van der Waals surface area (Å²) >= 11 is 0. The number of nitrogens with zero attached hydrogens (tertiary/aromatic N) is 1. The van der Waals surface area contributed by atoms with Gasteiger partial charge in [-0.1, -0.05) is 31.7 Å². The Morgan fingerprint density at radius 1 is 1.12 bits per heavy atom. The van der Waals surface area contributed by atoms with E-state index in [1.807, 2.05) is 6.08 Å². The molecule has 2 atom stereocenters. The molecule has 0 aromatic heterocycles. The Labute approximate surface area is 204 Å². The van der Waals surface area contributed by atoms with Crippen molar-refractivity contribution in [3.63, 3.8) is 0 Å². The lowest BCUT2D eigenvalue weighted by Gasteiger charge is -2.32. The molecule has 3 aliphatic heterocycles. The van der Waals surface area contributed by atoms with Crippen LogP contribution in [0, 0.1) is 11.8 Å². The first-order chi connectivity index (χ1) is 16.1. The van der Waals surface area contributed by atoms with E-state index < -0.39 is 18.3 Å². The normalized spacial score (nSPS) is 25.3. The van der Waals surface area contributed by atoms with Crippen molar-refractivity contribution in [1.82, 2.24) is 0 Å². The third-order valence-corrected chi connectivity index (χ3v) is 7.55. The van der Waals surface area contributed by atoms with E-state index in [1.165, 1.54) is 11.1 Å². The fourth-order valence-corrected chi connectivity index (χ4v) is 4.75. The molecule has 1 aromatic rings. The number of rotatable bonds is 5. The molecule has 0 spiro atoms. The highest BCUT2D eigenvalue weighted by Crippen LogP contribution is 2.38. The van der Waals surface area contributed by atoms with Crippen LogP contribution in [-0.4, -0.2) is 51.1 Å². The lowest BCUT2D eigenvalue weighted by molar-refractivity contribution is 0.00578. The average Bonchev–Trinajstić information content (AvgIpc) is 2.91. The molecule has 6 nitrogen and oxygen atoms in total. The van der Waals surface area contributed by atoms with Crippen LogP contribution >= 0.6 is 0 Å². The number of hydrogen-bond acceptors (Lipinski definition) is 6. The maximum absolute atomic E-state index is 6.34. The summed E-state index contributed by atoms with van der Waals surface area (Å²) in [6, 6.07) is 4.04. The van der Waals surface area contributed by atoms with Crippen molar-refractivity contribution in [3.05, 3.63) is 40.8 Å². The molecule has 3 aliphatic rings. The number of benzene rings is 1. The molecule has 0 amide bonds. The summed E-state index contributed by atoms with van der Waals surface area (Å²) in [6.45, 7) is 13.3. The first-order valence-corrected chi connectivity index (χ1v) is 12.3. The van der Waals surface area contributed by atoms with Gasteiger partial charge < -0.3 is 23.5 Å². The topological polar surface area (TPSA) is 58.5 Å². The van der Waals surface area contributed by atoms with E-state index in [-0.39, 0.29) is 12.0 Å². The van der Waals surface area contributed by atoms with Gasteiger partial charge in [-0.25, -0.2) is 4.99 Å². The van der Waals surface area contributed by atoms with E-state index in [0.717, 1.165) is 35.7 Å². The molecule has 0 unspecified atom stereocenters. The molecular weight excluding hydrogens is 429 g/mol. The van der Waals surface area contributed by atoms with E-state index in [2.05, 4.69) is 59.4 Å². The van der Waals surface area contributed by atoms with Gasteiger partial charge in [0.2, 0.25) is 0 Å². The van der Waals surface area contributed by atoms with Gasteiger partial charge in [0.15, 0.2) is 11.7 Å². The molecule has 0 bridgehead atoms. The molecule has 1 aromatic carbocycles. The highest BCUT2D eigenvalue weighted by Gasteiger charge is 2.52. The van der Waals surface area contributed by atoms with Gasteiger partial charge in [0.1, 0.15) is 11.8 Å². The molecule has 1 fully saturated rings. The van der Waals surface area contributed by atoms with Crippen LogP contribution < -0.4 is 10.2 Å². The van der Waals surface area contributed by atoms with E-state index in [0.29, 0.717) is 18.9 Å². The third kappa shape index (κ3) is 4.54. The Kier molecular flexibility index (Phi) is 6.92. The maximum Gasteiger partial charge on any atom is 0.498 e. The third-order valence-electron chi connectivity index (χ3n) is 7.55. The summed E-state index contributed by atoms with van der Waals surface area (Å²) < 4.78 is 30.3. The van der Waals surface area contributed by atoms with Crippen molar-refractivity contribution in [2.45, 2.75) is 78.0 Å². The van der Waals surface area contributed by atoms with Gasteiger partial charge in [-0.2, -0.15) is 0 Å². The van der Waals surface area contributed by atoms with Crippen molar-refractivity contribution in [2.24, 2.45) is 16.8 Å². The van der Waals surface area contributed by atoms with E-state index >= 15 is 0 Å². The minimum Gasteiger partial charge on any atom is -0.494 e. The highest BCUT2D eigenvalue weighted by molar-refractivity contribution is 6.63. The van der Waals surface area contributed by atoms with Crippen LogP contribution in [0.2, 0.25) is 0 Å². The van der Waals surface area contributed by atoms with Crippen molar-refractivity contribution in [3.8, 4) is 5.75 Å². The zero-order valence-electron chi connectivity index (χ0n) is 21.9. The number of ether oxygens (including phenoxy) is 3. The van der Waals surface area contributed by atoms with E-state index in [4.69, 9.17) is 28.5 Å². The molecule has 3 heterocycles. The number of fused-ring (bicyclic) bond motifs is 1. The minimum atomic E-state index is -0.453. The molecule has 0 radical (unpaired) electrons. The van der Waals surface area contributed by atoms with Crippen LogP contribution in [0.4, 0.5) is 0 Å². The SMILES string of the molecule is COC1=C=C[C@H](C(C)C)C(OC)=N[C@H]1Cc1ccc(B2OC(C)(C)C(C)(C)O2)c2c1CCCO2. The van der Waals surface area contributed by atoms with Gasteiger partial charge in [0, 0.05) is 11.9 Å². The Hall–Kier alpha value is -2.21. The van der Waals surface area contributed by atoms with Crippen LogP contribution in [-0.2, 0) is 31.6 Å². The summed E-state index contributed by atoms with van der Waals surface area (Å²) in [5.74, 6) is 2.76. The quantitative estimate of drug-likeness (QED) is 0.479. The second-order valence-corrected chi connectivity index (χ2v) is 10.7. The summed E-state index contributed by atoms with van der Waals surface area (Å²) in [5, 5.41) is 0. The Balaban J connectivity index is 1.70. The largest absolute Gasteiger partial charge is 0.498 e. The van der Waals surface area contributed by atoms with E-state index in [9.17, 15) is 0 Å². The van der Waals surface area contributed by atoms with Crippen molar-refractivity contribution >= 4 is 18.5 Å². The van der Waals surface area contributed by atoms with Crippen LogP contribution in [0.5, 0.6) is 5.75 Å². The highest BCUT2D eigenvalue weighted by atomic mass is 16.7. The van der Waals surface area contributed by atoms with Gasteiger partial charge in [-0.3, -0.25) is 0 Å². The lowest BCUT2D eigenvalue weighted by atomic mass is 9.75. The molecule has 4 rings (SSSR count). The number of aliphatic imine (C=N–C) groups is 1. The smallest absolute Gasteiger partial charge is 0.494 e. The van der Waals surface area contributed by atoms with Gasteiger partial charge >= 0.3 is 7.12 Å². The molecule has 7 heteroatoms. The number of hydrogen-bond donors (Lipinski definition) is 0. The van der Waals surface area contributed by atoms with Crippen LogP contribution in [0.25, 0.3) is 0 Å². The summed E-state index contributed by atoms with van der Waals surface area (Å²) in [6.07, 6.45) is 4.62. The minimum absolute atomic E-state index is 0.0724. The predicted molar refractivity (Wildman–Crippen MR) is 135 cm³/mol. The van der Waals surface area contributed by atoms with Crippen molar-refractivity contribution < 1.29 is 23.5 Å². The van der Waals surface area contributed by atoms with E-state index in [1.54, 1.807) is 14.2 Å². The summed E-state index contributed by atoms with van der Waals surface area (Å²) in [4.78, 5) is 4.98. The fraction of sp³-hybridized carbons (Fsp3) is 0.630. The van der Waals surface area contributed by atoms with Crippen molar-refractivity contribution in [2.75, 3.05) is 20.8 Å². The second kappa shape index (κ2) is 9.45. The second-order valence-electron chi connectivity index (χ2n) is 10.7. The molecule has 184 valence electrons. The average molecular weight is 467 g/mol. The lowest BCUT2D eigenvalue weighted by Crippen LogP contribution is -2.41. The Morgan fingerprint density at radius 2 is 1.82 bits per heavy atom. The van der Waals surface area contributed by atoms with Crippen LogP contribution in [0.15, 0.2) is 34.7 Å². The standard InChI is InChI=1S/C27H38BNO5/c1-17(2)19-12-14-23(30-7)22(29-25(19)31-8)16-18-11-13-21(24-20(18)10-9-15-32-24)28-33-26(3,4)27(5,6)34-28/h11-13,17,19,22H,9-10,15-16H2,1-8H3/t19-,22+/m1/s1. The summed E-state index contributed by atoms with van der Waals surface area (Å²) in [5.41, 5.74) is 5.91. The predicted octanol–water partition coefficient (Wildman–Crippen LogP) is 4.24. The maximum atomic E-state index is 6.34. The zero-order chi connectivity index (χ0) is 24.7. The van der Waals surface area contributed by atoms with Gasteiger partial charge in [0.05, 0.1) is 37.9 Å². The first-order valence-electron chi connectivity index (χ1n) is 12.3. The molecule has 1 saturated heterocycles. The molecular formula is C27H38BNO5. The fourth-order valence-electron chi connectivity index (χ4n) is 4.75. The van der Waals surface area contributed by atoms with Crippen LogP contribution in [0.1, 0.15) is 59.1 Å². The Morgan fingerprint density at radius 3 is 2.44 bits per heavy atom.